The number of rotatable bonds is 2. The van der Waals surface area contributed by atoms with Gasteiger partial charge in [0.05, 0.1) is 0 Å². The molecule has 0 radical (unpaired) electrons. The smallest absolute Gasteiger partial charge is 0.0129 e. The number of hydrogen-bond acceptors (Lipinski definition) is 1. The molecule has 3 saturated heterocycles. The third kappa shape index (κ3) is 2.41. The Morgan fingerprint density at radius 3 is 2.67 bits per heavy atom. The fraction of sp³-hybridized carbons (Fsp3) is 0.500. The molecule has 2 heteroatoms. The molecule has 0 amide bonds. The second-order valence-corrected chi connectivity index (χ2v) is 5.40. The zero-order chi connectivity index (χ0) is 11.7. The predicted octanol–water partition coefficient (Wildman–Crippen LogP) is 3.17. The van der Waals surface area contributed by atoms with Gasteiger partial charge in [-0.1, -0.05) is 30.3 Å². The van der Waals surface area contributed by atoms with E-state index < -0.39 is 0 Å². The van der Waals surface area contributed by atoms with Crippen molar-refractivity contribution in [2.45, 2.75) is 18.8 Å². The van der Waals surface area contributed by atoms with Gasteiger partial charge in [0.25, 0.3) is 0 Å². The van der Waals surface area contributed by atoms with E-state index >= 15 is 0 Å². The van der Waals surface area contributed by atoms with Gasteiger partial charge < -0.3 is 4.90 Å². The van der Waals surface area contributed by atoms with E-state index in [1.807, 2.05) is 0 Å². The highest BCUT2D eigenvalue weighted by atomic mass is 35.5. The van der Waals surface area contributed by atoms with E-state index in [-0.39, 0.29) is 12.4 Å². The van der Waals surface area contributed by atoms with Crippen molar-refractivity contribution in [1.29, 1.82) is 0 Å². The largest absolute Gasteiger partial charge is 0.302 e. The van der Waals surface area contributed by atoms with E-state index in [1.165, 1.54) is 31.6 Å². The van der Waals surface area contributed by atoms with Crippen molar-refractivity contribution in [1.82, 2.24) is 4.90 Å². The van der Waals surface area contributed by atoms with Crippen LogP contribution < -0.4 is 0 Å². The highest BCUT2D eigenvalue weighted by Gasteiger charge is 2.40. The van der Waals surface area contributed by atoms with Gasteiger partial charge in [0.2, 0.25) is 0 Å². The molecule has 3 aliphatic rings. The molecule has 3 fully saturated rings. The standard InChI is InChI=1S/C16H19N.ClH/c1-2-6-14-11-17-10-9-15(14)16(12-17)13-7-4-3-5-8-13;/h1,3-5,7-8,14-16H,6,9-12H2;1H. The summed E-state index contributed by atoms with van der Waals surface area (Å²) < 4.78 is 0. The SMILES string of the molecule is C#CCC1CN2CCC1C(c1ccccc1)C2.Cl. The van der Waals surface area contributed by atoms with Gasteiger partial charge in [-0.2, -0.15) is 0 Å². The molecule has 2 bridgehead atoms. The zero-order valence-electron chi connectivity index (χ0n) is 10.6. The molecule has 96 valence electrons. The predicted molar refractivity (Wildman–Crippen MR) is 77.9 cm³/mol. The fourth-order valence-corrected chi connectivity index (χ4v) is 3.65. The van der Waals surface area contributed by atoms with Crippen LogP contribution in [-0.2, 0) is 0 Å². The van der Waals surface area contributed by atoms with Crippen molar-refractivity contribution in [3.8, 4) is 12.3 Å². The quantitative estimate of drug-likeness (QED) is 0.740. The number of hydrogen-bond donors (Lipinski definition) is 0. The van der Waals surface area contributed by atoms with Crippen molar-refractivity contribution < 1.29 is 0 Å². The van der Waals surface area contributed by atoms with Crippen molar-refractivity contribution in [2.75, 3.05) is 19.6 Å². The molecule has 0 spiro atoms. The molecular formula is C16H20ClN. The molecule has 1 aromatic rings. The normalized spacial score (nSPS) is 33.5. The van der Waals surface area contributed by atoms with Gasteiger partial charge in [0, 0.05) is 19.5 Å². The van der Waals surface area contributed by atoms with Crippen LogP contribution in [-0.4, -0.2) is 24.5 Å². The maximum Gasteiger partial charge on any atom is 0.0129 e. The van der Waals surface area contributed by atoms with Gasteiger partial charge in [0.15, 0.2) is 0 Å². The average molecular weight is 262 g/mol. The van der Waals surface area contributed by atoms with Crippen LogP contribution in [0.15, 0.2) is 30.3 Å². The summed E-state index contributed by atoms with van der Waals surface area (Å²) in [6.07, 6.45) is 7.78. The monoisotopic (exact) mass is 261 g/mol. The average Bonchev–Trinajstić information content (AvgIpc) is 2.41. The molecular weight excluding hydrogens is 242 g/mol. The summed E-state index contributed by atoms with van der Waals surface area (Å²) in [6.45, 7) is 3.73. The van der Waals surface area contributed by atoms with Gasteiger partial charge in [-0.3, -0.25) is 0 Å². The van der Waals surface area contributed by atoms with E-state index in [1.54, 1.807) is 0 Å². The highest BCUT2D eigenvalue weighted by molar-refractivity contribution is 5.85. The van der Waals surface area contributed by atoms with Gasteiger partial charge in [-0.05, 0) is 36.3 Å². The first-order valence-corrected chi connectivity index (χ1v) is 6.59. The van der Waals surface area contributed by atoms with E-state index in [4.69, 9.17) is 6.42 Å². The third-order valence-electron chi connectivity index (χ3n) is 4.46. The van der Waals surface area contributed by atoms with Crippen molar-refractivity contribution in [3.05, 3.63) is 35.9 Å². The molecule has 4 rings (SSSR count). The first kappa shape index (κ1) is 13.5. The molecule has 3 heterocycles. The minimum absolute atomic E-state index is 0. The van der Waals surface area contributed by atoms with E-state index in [0.717, 1.165) is 12.3 Å². The van der Waals surface area contributed by atoms with Crippen LogP contribution in [0.25, 0.3) is 0 Å². The van der Waals surface area contributed by atoms with Crippen LogP contribution in [0.4, 0.5) is 0 Å². The molecule has 4 unspecified atom stereocenters. The molecule has 0 N–H and O–H groups in total. The van der Waals surface area contributed by atoms with Gasteiger partial charge in [-0.15, -0.1) is 24.8 Å². The second kappa shape index (κ2) is 5.78. The molecule has 1 aromatic carbocycles. The summed E-state index contributed by atoms with van der Waals surface area (Å²) in [5.74, 6) is 5.09. The van der Waals surface area contributed by atoms with Crippen LogP contribution in [0.1, 0.15) is 24.3 Å². The van der Waals surface area contributed by atoms with Crippen LogP contribution >= 0.6 is 12.4 Å². The van der Waals surface area contributed by atoms with Crippen molar-refractivity contribution in [3.63, 3.8) is 0 Å². The Labute approximate surface area is 116 Å². The van der Waals surface area contributed by atoms with E-state index in [0.29, 0.717) is 11.8 Å². The number of nitrogens with zero attached hydrogens (tertiary/aromatic N) is 1. The van der Waals surface area contributed by atoms with Crippen molar-refractivity contribution in [2.24, 2.45) is 11.8 Å². The molecule has 1 nitrogen and oxygen atoms in total. The lowest BCUT2D eigenvalue weighted by Crippen LogP contribution is -2.51. The first-order chi connectivity index (χ1) is 8.38. The number of fused-ring (bicyclic) bond motifs is 3. The summed E-state index contributed by atoms with van der Waals surface area (Å²) in [6, 6.07) is 11.0. The highest BCUT2D eigenvalue weighted by Crippen LogP contribution is 2.43. The second-order valence-electron chi connectivity index (χ2n) is 5.40. The Bertz CT molecular complexity index is 422. The maximum absolute atomic E-state index is 5.51. The lowest BCUT2D eigenvalue weighted by molar-refractivity contribution is 0.0322. The summed E-state index contributed by atoms with van der Waals surface area (Å²) in [5.41, 5.74) is 1.50. The summed E-state index contributed by atoms with van der Waals surface area (Å²) in [5, 5.41) is 0. The van der Waals surface area contributed by atoms with Crippen LogP contribution in [0, 0.1) is 24.2 Å². The lowest BCUT2D eigenvalue weighted by atomic mass is 9.69. The Morgan fingerprint density at radius 2 is 2.00 bits per heavy atom. The Hall–Kier alpha value is -0.970. The molecule has 3 aliphatic heterocycles. The molecule has 0 aromatic heterocycles. The topological polar surface area (TPSA) is 3.24 Å². The molecule has 18 heavy (non-hydrogen) atoms. The van der Waals surface area contributed by atoms with Crippen LogP contribution in [0.3, 0.4) is 0 Å². The number of terminal acetylenes is 1. The Morgan fingerprint density at radius 1 is 1.22 bits per heavy atom. The number of piperidine rings is 3. The Balaban J connectivity index is 0.00000120. The number of benzene rings is 1. The third-order valence-corrected chi connectivity index (χ3v) is 4.46. The molecule has 0 saturated carbocycles. The van der Waals surface area contributed by atoms with E-state index in [9.17, 15) is 0 Å². The molecule has 0 aliphatic carbocycles. The summed E-state index contributed by atoms with van der Waals surface area (Å²) in [4.78, 5) is 2.60. The minimum Gasteiger partial charge on any atom is -0.302 e. The molecule has 4 atom stereocenters. The maximum atomic E-state index is 5.51. The summed E-state index contributed by atoms with van der Waals surface area (Å²) in [7, 11) is 0. The fourth-order valence-electron chi connectivity index (χ4n) is 3.65. The van der Waals surface area contributed by atoms with E-state index in [2.05, 4.69) is 41.2 Å². The van der Waals surface area contributed by atoms with Crippen molar-refractivity contribution >= 4 is 12.4 Å². The van der Waals surface area contributed by atoms with Crippen LogP contribution in [0.5, 0.6) is 0 Å². The number of halogens is 1. The minimum atomic E-state index is 0. The van der Waals surface area contributed by atoms with Gasteiger partial charge >= 0.3 is 0 Å². The Kier molecular flexibility index (Phi) is 4.32. The zero-order valence-corrected chi connectivity index (χ0v) is 11.4. The van der Waals surface area contributed by atoms with Gasteiger partial charge in [-0.25, -0.2) is 0 Å². The van der Waals surface area contributed by atoms with Crippen LogP contribution in [0.2, 0.25) is 0 Å². The first-order valence-electron chi connectivity index (χ1n) is 6.59. The summed E-state index contributed by atoms with van der Waals surface area (Å²) >= 11 is 0. The lowest BCUT2D eigenvalue weighted by Gasteiger charge is -2.49. The van der Waals surface area contributed by atoms with Gasteiger partial charge in [0.1, 0.15) is 0 Å².